The van der Waals surface area contributed by atoms with Gasteiger partial charge in [-0.1, -0.05) is 6.92 Å². The topological polar surface area (TPSA) is 38.8 Å². The summed E-state index contributed by atoms with van der Waals surface area (Å²) in [5.41, 5.74) is 0. The van der Waals surface area contributed by atoms with E-state index in [2.05, 4.69) is 4.90 Å². The first-order valence-corrected chi connectivity index (χ1v) is 6.16. The zero-order valence-corrected chi connectivity index (χ0v) is 10.1. The molecule has 0 amide bonds. The zero-order chi connectivity index (χ0) is 11.5. The van der Waals surface area contributed by atoms with Crippen LogP contribution in [0.4, 0.5) is 0 Å². The van der Waals surface area contributed by atoms with Crippen LogP contribution in [-0.4, -0.2) is 49.8 Å². The van der Waals surface area contributed by atoms with Crippen LogP contribution < -0.4 is 0 Å². The Kier molecular flexibility index (Phi) is 3.82. The number of hydrogen-bond acceptors (Lipinski definition) is 4. The lowest BCUT2D eigenvalue weighted by Crippen LogP contribution is -2.50. The Morgan fingerprint density at radius 3 is 3.12 bits per heavy atom. The van der Waals surface area contributed by atoms with Crippen LogP contribution in [-0.2, 0) is 14.3 Å². The Labute approximate surface area is 96.9 Å². The van der Waals surface area contributed by atoms with Crippen LogP contribution in [0.15, 0.2) is 0 Å². The highest BCUT2D eigenvalue weighted by Gasteiger charge is 2.36. The van der Waals surface area contributed by atoms with Crippen LogP contribution in [0, 0.1) is 5.92 Å². The van der Waals surface area contributed by atoms with E-state index in [1.807, 2.05) is 6.92 Å². The Morgan fingerprint density at radius 2 is 2.38 bits per heavy atom. The second-order valence-electron chi connectivity index (χ2n) is 4.83. The van der Waals surface area contributed by atoms with E-state index in [1.165, 1.54) is 26.4 Å². The number of methoxy groups -OCH3 is 1. The van der Waals surface area contributed by atoms with Crippen molar-refractivity contribution in [1.82, 2.24) is 4.90 Å². The fraction of sp³-hybridized carbons (Fsp3) is 0.917. The van der Waals surface area contributed by atoms with Crippen LogP contribution >= 0.6 is 0 Å². The molecule has 2 rings (SSSR count). The van der Waals surface area contributed by atoms with Crippen molar-refractivity contribution in [2.45, 2.75) is 38.3 Å². The lowest BCUT2D eigenvalue weighted by molar-refractivity contribution is -0.146. The van der Waals surface area contributed by atoms with Gasteiger partial charge < -0.3 is 9.47 Å². The van der Waals surface area contributed by atoms with E-state index in [0.717, 1.165) is 19.7 Å². The quantitative estimate of drug-likeness (QED) is 0.676. The summed E-state index contributed by atoms with van der Waals surface area (Å²) in [6.45, 7) is 4.49. The molecule has 0 aromatic heterocycles. The van der Waals surface area contributed by atoms with Crippen molar-refractivity contribution in [3.63, 3.8) is 0 Å². The Morgan fingerprint density at radius 1 is 1.56 bits per heavy atom. The van der Waals surface area contributed by atoms with Crippen LogP contribution in [0.1, 0.15) is 26.2 Å². The van der Waals surface area contributed by atoms with E-state index in [1.54, 1.807) is 0 Å². The first kappa shape index (κ1) is 11.9. The molecule has 0 aromatic rings. The average Bonchev–Trinajstić information content (AvgIpc) is 2.77. The minimum atomic E-state index is -0.110. The van der Waals surface area contributed by atoms with Crippen LogP contribution in [0.2, 0.25) is 0 Å². The zero-order valence-electron chi connectivity index (χ0n) is 10.1. The van der Waals surface area contributed by atoms with Gasteiger partial charge in [0, 0.05) is 19.1 Å². The maximum Gasteiger partial charge on any atom is 0.309 e. The normalized spacial score (nSPS) is 32.1. The lowest BCUT2D eigenvalue weighted by atomic mass is 10.1. The third-order valence-corrected chi connectivity index (χ3v) is 3.71. The van der Waals surface area contributed by atoms with Crippen molar-refractivity contribution in [1.29, 1.82) is 0 Å². The van der Waals surface area contributed by atoms with Gasteiger partial charge in [-0.05, 0) is 19.3 Å². The summed E-state index contributed by atoms with van der Waals surface area (Å²) in [5.74, 6) is -0.148. The molecule has 0 radical (unpaired) electrons. The maximum absolute atomic E-state index is 11.4. The Hall–Kier alpha value is -0.610. The molecule has 0 spiro atoms. The highest BCUT2D eigenvalue weighted by atomic mass is 16.5. The minimum Gasteiger partial charge on any atom is -0.469 e. The number of rotatable bonds is 3. The molecule has 1 saturated heterocycles. The summed E-state index contributed by atoms with van der Waals surface area (Å²) in [6.07, 6.45) is 4.03. The molecular formula is C12H21NO3. The van der Waals surface area contributed by atoms with Gasteiger partial charge in [0.2, 0.25) is 0 Å². The summed E-state index contributed by atoms with van der Waals surface area (Å²) in [5, 5.41) is 0. The highest BCUT2D eigenvalue weighted by Crippen LogP contribution is 2.30. The van der Waals surface area contributed by atoms with Gasteiger partial charge in [0.25, 0.3) is 0 Å². The van der Waals surface area contributed by atoms with Crippen molar-refractivity contribution in [3.8, 4) is 0 Å². The molecule has 4 nitrogen and oxygen atoms in total. The van der Waals surface area contributed by atoms with E-state index in [9.17, 15) is 4.79 Å². The molecule has 3 unspecified atom stereocenters. The number of ether oxygens (including phenoxy) is 2. The van der Waals surface area contributed by atoms with Gasteiger partial charge in [-0.3, -0.25) is 9.69 Å². The third-order valence-electron chi connectivity index (χ3n) is 3.71. The maximum atomic E-state index is 11.4. The van der Waals surface area contributed by atoms with E-state index < -0.39 is 0 Å². The van der Waals surface area contributed by atoms with Crippen LogP contribution in [0.25, 0.3) is 0 Å². The standard InChI is InChI=1S/C12H21NO3/c1-9(12(14)15-2)8-13-6-7-16-11-5-3-4-10(11)13/h9-11H,3-8H2,1-2H3. The summed E-state index contributed by atoms with van der Waals surface area (Å²) in [7, 11) is 1.45. The fourth-order valence-corrected chi connectivity index (χ4v) is 2.86. The van der Waals surface area contributed by atoms with Gasteiger partial charge >= 0.3 is 5.97 Å². The molecule has 0 bridgehead atoms. The minimum absolute atomic E-state index is 0.0376. The van der Waals surface area contributed by atoms with Gasteiger partial charge in [-0.15, -0.1) is 0 Å². The summed E-state index contributed by atoms with van der Waals surface area (Å²) >= 11 is 0. The molecule has 16 heavy (non-hydrogen) atoms. The molecule has 1 heterocycles. The Bertz CT molecular complexity index is 257. The van der Waals surface area contributed by atoms with Gasteiger partial charge in [0.1, 0.15) is 0 Å². The first-order chi connectivity index (χ1) is 7.72. The predicted molar refractivity (Wildman–Crippen MR) is 60.1 cm³/mol. The van der Waals surface area contributed by atoms with Crippen molar-refractivity contribution in [2.75, 3.05) is 26.8 Å². The first-order valence-electron chi connectivity index (χ1n) is 6.16. The van der Waals surface area contributed by atoms with E-state index >= 15 is 0 Å². The number of hydrogen-bond donors (Lipinski definition) is 0. The molecule has 4 heteroatoms. The molecule has 0 N–H and O–H groups in total. The van der Waals surface area contributed by atoms with Crippen molar-refractivity contribution >= 4 is 5.97 Å². The van der Waals surface area contributed by atoms with E-state index in [-0.39, 0.29) is 11.9 Å². The van der Waals surface area contributed by atoms with Crippen molar-refractivity contribution < 1.29 is 14.3 Å². The average molecular weight is 227 g/mol. The number of nitrogens with zero attached hydrogens (tertiary/aromatic N) is 1. The highest BCUT2D eigenvalue weighted by molar-refractivity contribution is 5.72. The number of fused-ring (bicyclic) bond motifs is 1. The predicted octanol–water partition coefficient (Wildman–Crippen LogP) is 1.05. The van der Waals surface area contributed by atoms with E-state index in [4.69, 9.17) is 9.47 Å². The number of carbonyl (C=O) groups excluding carboxylic acids is 1. The molecule has 1 aliphatic heterocycles. The molecular weight excluding hydrogens is 206 g/mol. The molecule has 3 atom stereocenters. The smallest absolute Gasteiger partial charge is 0.309 e. The molecule has 92 valence electrons. The van der Waals surface area contributed by atoms with Gasteiger partial charge in [-0.2, -0.15) is 0 Å². The van der Waals surface area contributed by atoms with E-state index in [0.29, 0.717) is 12.1 Å². The lowest BCUT2D eigenvalue weighted by Gasteiger charge is -2.38. The molecule has 0 aromatic carbocycles. The van der Waals surface area contributed by atoms with Crippen LogP contribution in [0.5, 0.6) is 0 Å². The van der Waals surface area contributed by atoms with Gasteiger partial charge in [-0.25, -0.2) is 0 Å². The monoisotopic (exact) mass is 227 g/mol. The molecule has 2 fully saturated rings. The van der Waals surface area contributed by atoms with Gasteiger partial charge in [0.15, 0.2) is 0 Å². The second kappa shape index (κ2) is 5.15. The Balaban J connectivity index is 1.90. The molecule has 1 saturated carbocycles. The van der Waals surface area contributed by atoms with Crippen molar-refractivity contribution in [3.05, 3.63) is 0 Å². The SMILES string of the molecule is COC(=O)C(C)CN1CCOC2CCCC21. The molecule has 1 aliphatic carbocycles. The molecule has 2 aliphatic rings. The number of esters is 1. The summed E-state index contributed by atoms with van der Waals surface area (Å²) in [6, 6.07) is 0.529. The summed E-state index contributed by atoms with van der Waals surface area (Å²) < 4.78 is 10.5. The van der Waals surface area contributed by atoms with Gasteiger partial charge in [0.05, 0.1) is 25.7 Å². The second-order valence-corrected chi connectivity index (χ2v) is 4.83. The number of carbonyl (C=O) groups is 1. The largest absolute Gasteiger partial charge is 0.469 e. The fourth-order valence-electron chi connectivity index (χ4n) is 2.86. The summed E-state index contributed by atoms with van der Waals surface area (Å²) in [4.78, 5) is 13.8. The number of morpholine rings is 1. The van der Waals surface area contributed by atoms with Crippen molar-refractivity contribution in [2.24, 2.45) is 5.92 Å². The van der Waals surface area contributed by atoms with Crippen LogP contribution in [0.3, 0.4) is 0 Å². The third kappa shape index (κ3) is 2.38.